The van der Waals surface area contributed by atoms with E-state index in [0.717, 1.165) is 24.8 Å². The Bertz CT molecular complexity index is 1110. The minimum absolute atomic E-state index is 0.141. The normalized spacial score (nSPS) is 13.3. The van der Waals surface area contributed by atoms with Gasteiger partial charge >= 0.3 is 5.97 Å². The average molecular weight is 475 g/mol. The molecule has 0 aliphatic carbocycles. The van der Waals surface area contributed by atoms with E-state index in [-0.39, 0.29) is 11.3 Å². The van der Waals surface area contributed by atoms with Crippen LogP contribution in [0.25, 0.3) is 0 Å². The van der Waals surface area contributed by atoms with Crippen LogP contribution in [0, 0.1) is 0 Å². The van der Waals surface area contributed by atoms with Crippen LogP contribution in [0.3, 0.4) is 0 Å². The number of rotatable bonds is 10. The summed E-state index contributed by atoms with van der Waals surface area (Å²) >= 11 is 0. The molecule has 186 valence electrons. The molecule has 4 nitrogen and oxygen atoms in total. The molecule has 0 spiro atoms. The van der Waals surface area contributed by atoms with Crippen LogP contribution in [-0.2, 0) is 12.0 Å². The SMILES string of the molecule is CCC(CCC(C)c1ccc(COc2cc(C(=O)O)c(O)c(C(C)(C)C)c2)cc1)c1ccccc1. The molecule has 2 atom stereocenters. The van der Waals surface area contributed by atoms with E-state index < -0.39 is 11.4 Å². The third-order valence-electron chi connectivity index (χ3n) is 6.79. The molecule has 0 fully saturated rings. The van der Waals surface area contributed by atoms with Gasteiger partial charge in [-0.3, -0.25) is 0 Å². The number of phenols is 1. The van der Waals surface area contributed by atoms with Crippen molar-refractivity contribution in [2.75, 3.05) is 0 Å². The van der Waals surface area contributed by atoms with Crippen LogP contribution in [0.5, 0.6) is 11.5 Å². The van der Waals surface area contributed by atoms with Gasteiger partial charge in [-0.15, -0.1) is 0 Å². The van der Waals surface area contributed by atoms with E-state index in [4.69, 9.17) is 4.74 Å². The van der Waals surface area contributed by atoms with E-state index in [1.54, 1.807) is 6.07 Å². The molecule has 2 N–H and O–H groups in total. The highest BCUT2D eigenvalue weighted by Crippen LogP contribution is 2.37. The first-order valence-corrected chi connectivity index (χ1v) is 12.5. The number of ether oxygens (including phenoxy) is 1. The summed E-state index contributed by atoms with van der Waals surface area (Å²) < 4.78 is 5.94. The fraction of sp³-hybridized carbons (Fsp3) is 0.387. The van der Waals surface area contributed by atoms with Gasteiger partial charge in [0.2, 0.25) is 0 Å². The van der Waals surface area contributed by atoms with Gasteiger partial charge in [0.05, 0.1) is 0 Å². The second-order valence-electron chi connectivity index (χ2n) is 10.4. The molecule has 0 saturated heterocycles. The summed E-state index contributed by atoms with van der Waals surface area (Å²) in [5.74, 6) is 0.120. The maximum Gasteiger partial charge on any atom is 0.339 e. The van der Waals surface area contributed by atoms with E-state index in [1.165, 1.54) is 17.2 Å². The van der Waals surface area contributed by atoms with Crippen LogP contribution < -0.4 is 4.74 Å². The lowest BCUT2D eigenvalue weighted by Gasteiger charge is -2.22. The fourth-order valence-electron chi connectivity index (χ4n) is 4.48. The zero-order chi connectivity index (χ0) is 25.6. The molecular formula is C31H38O4. The van der Waals surface area contributed by atoms with Crippen molar-refractivity contribution in [2.45, 2.75) is 77.7 Å². The Morgan fingerprint density at radius 1 is 0.943 bits per heavy atom. The van der Waals surface area contributed by atoms with Crippen LogP contribution in [0.1, 0.15) is 98.3 Å². The van der Waals surface area contributed by atoms with Crippen LogP contribution >= 0.6 is 0 Å². The van der Waals surface area contributed by atoms with Gasteiger partial charge in [0.1, 0.15) is 23.7 Å². The van der Waals surface area contributed by atoms with Crippen molar-refractivity contribution >= 4 is 5.97 Å². The Balaban J connectivity index is 1.63. The highest BCUT2D eigenvalue weighted by Gasteiger charge is 2.24. The standard InChI is InChI=1S/C31H38O4/c1-6-23(25-10-8-7-9-11-25)15-12-21(2)24-16-13-22(14-17-24)20-35-26-18-27(30(33)34)29(32)28(19-26)31(3,4)5/h7-11,13-14,16-19,21,23,32H,6,12,15,20H2,1-5H3,(H,33,34). The van der Waals surface area contributed by atoms with E-state index >= 15 is 0 Å². The number of aromatic hydroxyl groups is 1. The first-order chi connectivity index (χ1) is 16.6. The first kappa shape index (κ1) is 26.3. The van der Waals surface area contributed by atoms with Gasteiger partial charge in [0.25, 0.3) is 0 Å². The van der Waals surface area contributed by atoms with E-state index in [0.29, 0.717) is 29.8 Å². The van der Waals surface area contributed by atoms with Crippen molar-refractivity contribution in [3.05, 3.63) is 94.5 Å². The van der Waals surface area contributed by atoms with Crippen molar-refractivity contribution in [1.29, 1.82) is 0 Å². The lowest BCUT2D eigenvalue weighted by atomic mass is 9.85. The summed E-state index contributed by atoms with van der Waals surface area (Å²) in [5, 5.41) is 19.9. The minimum atomic E-state index is -1.17. The average Bonchev–Trinajstić information content (AvgIpc) is 2.83. The van der Waals surface area contributed by atoms with Crippen LogP contribution in [0.4, 0.5) is 0 Å². The van der Waals surface area contributed by atoms with Crippen molar-refractivity contribution in [3.63, 3.8) is 0 Å². The highest BCUT2D eigenvalue weighted by atomic mass is 16.5. The first-order valence-electron chi connectivity index (χ1n) is 12.5. The summed E-state index contributed by atoms with van der Waals surface area (Å²) in [6.07, 6.45) is 3.44. The van der Waals surface area contributed by atoms with E-state index in [2.05, 4.69) is 68.4 Å². The van der Waals surface area contributed by atoms with Crippen molar-refractivity contribution in [3.8, 4) is 11.5 Å². The summed E-state index contributed by atoms with van der Waals surface area (Å²) in [6, 6.07) is 22.3. The molecule has 0 saturated carbocycles. The van der Waals surface area contributed by atoms with Crippen molar-refractivity contribution in [1.82, 2.24) is 0 Å². The van der Waals surface area contributed by atoms with Gasteiger partial charge in [-0.1, -0.05) is 89.2 Å². The third-order valence-corrected chi connectivity index (χ3v) is 6.79. The second-order valence-corrected chi connectivity index (χ2v) is 10.4. The number of aromatic carboxylic acids is 1. The van der Waals surface area contributed by atoms with Gasteiger partial charge < -0.3 is 14.9 Å². The summed E-state index contributed by atoms with van der Waals surface area (Å²) in [7, 11) is 0. The predicted molar refractivity (Wildman–Crippen MR) is 142 cm³/mol. The summed E-state index contributed by atoms with van der Waals surface area (Å²) in [4.78, 5) is 11.6. The Morgan fingerprint density at radius 2 is 1.60 bits per heavy atom. The molecule has 0 heterocycles. The molecule has 0 amide bonds. The Kier molecular flexibility index (Phi) is 8.61. The third kappa shape index (κ3) is 6.88. The number of hydrogen-bond acceptors (Lipinski definition) is 3. The number of hydrogen-bond donors (Lipinski definition) is 2. The Morgan fingerprint density at radius 3 is 2.17 bits per heavy atom. The van der Waals surface area contributed by atoms with Gasteiger partial charge in [-0.2, -0.15) is 0 Å². The number of carbonyl (C=O) groups is 1. The van der Waals surface area contributed by atoms with E-state index in [1.807, 2.05) is 20.8 Å². The number of benzene rings is 3. The Hall–Kier alpha value is -3.27. The minimum Gasteiger partial charge on any atom is -0.507 e. The predicted octanol–water partition coefficient (Wildman–Crippen LogP) is 8.04. The van der Waals surface area contributed by atoms with Crippen molar-refractivity contribution < 1.29 is 19.7 Å². The van der Waals surface area contributed by atoms with Crippen molar-refractivity contribution in [2.24, 2.45) is 0 Å². The van der Waals surface area contributed by atoms with Crippen LogP contribution in [-0.4, -0.2) is 16.2 Å². The lowest BCUT2D eigenvalue weighted by Crippen LogP contribution is -2.14. The van der Waals surface area contributed by atoms with Gasteiger partial charge in [0.15, 0.2) is 0 Å². The molecule has 3 aromatic carbocycles. The largest absolute Gasteiger partial charge is 0.507 e. The smallest absolute Gasteiger partial charge is 0.339 e. The maximum absolute atomic E-state index is 11.6. The van der Waals surface area contributed by atoms with Crippen LogP contribution in [0.15, 0.2) is 66.7 Å². The topological polar surface area (TPSA) is 66.8 Å². The molecule has 2 unspecified atom stereocenters. The van der Waals surface area contributed by atoms with E-state index in [9.17, 15) is 15.0 Å². The molecule has 0 radical (unpaired) electrons. The van der Waals surface area contributed by atoms with Gasteiger partial charge in [-0.05, 0) is 65.3 Å². The molecule has 35 heavy (non-hydrogen) atoms. The zero-order valence-corrected chi connectivity index (χ0v) is 21.5. The monoisotopic (exact) mass is 474 g/mol. The summed E-state index contributed by atoms with van der Waals surface area (Å²) in [5.41, 5.74) is 3.74. The Labute approximate surface area is 209 Å². The van der Waals surface area contributed by atoms with Gasteiger partial charge in [-0.25, -0.2) is 4.79 Å². The number of carboxylic acid groups (broad SMARTS) is 1. The fourth-order valence-corrected chi connectivity index (χ4v) is 4.48. The molecule has 3 aromatic rings. The molecular weight excluding hydrogens is 436 g/mol. The zero-order valence-electron chi connectivity index (χ0n) is 21.5. The molecule has 0 aliphatic heterocycles. The van der Waals surface area contributed by atoms with Gasteiger partial charge in [0, 0.05) is 5.56 Å². The second kappa shape index (κ2) is 11.4. The highest BCUT2D eigenvalue weighted by molar-refractivity contribution is 5.92. The number of carboxylic acids is 1. The van der Waals surface area contributed by atoms with Crippen LogP contribution in [0.2, 0.25) is 0 Å². The lowest BCUT2D eigenvalue weighted by molar-refractivity contribution is 0.0692. The summed E-state index contributed by atoms with van der Waals surface area (Å²) in [6.45, 7) is 10.7. The molecule has 0 bridgehead atoms. The molecule has 0 aromatic heterocycles. The molecule has 4 heteroatoms. The molecule has 3 rings (SSSR count). The molecule has 0 aliphatic rings. The maximum atomic E-state index is 11.6. The quantitative estimate of drug-likeness (QED) is 0.312.